The molecule has 4 aromatic rings. The number of aliphatic imine (C=N–C) groups is 2. The number of hydrogen-bond acceptors (Lipinski definition) is 6. The minimum Gasteiger partial charge on any atom is -0.258 e. The summed E-state index contributed by atoms with van der Waals surface area (Å²) in [6.07, 6.45) is 0. The molecule has 4 aromatic carbocycles. The van der Waals surface area contributed by atoms with Crippen LogP contribution >= 0.6 is 31.9 Å². The van der Waals surface area contributed by atoms with E-state index in [1.165, 1.54) is 24.3 Å². The Balaban J connectivity index is 1.77. The third-order valence-electron chi connectivity index (χ3n) is 5.60. The van der Waals surface area contributed by atoms with Crippen molar-refractivity contribution in [2.45, 2.75) is 0 Å². The van der Waals surface area contributed by atoms with Crippen molar-refractivity contribution >= 4 is 66.0 Å². The number of nitrogens with zero attached hydrogens (tertiary/aromatic N) is 4. The van der Waals surface area contributed by atoms with Crippen LogP contribution in [0.4, 0.5) is 22.7 Å². The molecule has 1 heterocycles. The first kappa shape index (κ1) is 23.7. The molecule has 5 rings (SSSR count). The molecule has 0 aliphatic carbocycles. The van der Waals surface area contributed by atoms with Gasteiger partial charge < -0.3 is 0 Å². The number of nitro groups is 2. The van der Waals surface area contributed by atoms with Gasteiger partial charge in [-0.1, -0.05) is 31.9 Å². The molecule has 0 atom stereocenters. The highest BCUT2D eigenvalue weighted by atomic mass is 79.9. The summed E-state index contributed by atoms with van der Waals surface area (Å²) in [6, 6.07) is 23.7. The Labute approximate surface area is 221 Å². The third-order valence-corrected chi connectivity index (χ3v) is 6.58. The normalized spacial score (nSPS) is 12.4. The van der Waals surface area contributed by atoms with Gasteiger partial charge in [-0.3, -0.25) is 20.2 Å². The van der Waals surface area contributed by atoms with Crippen LogP contribution in [0.25, 0.3) is 0 Å². The van der Waals surface area contributed by atoms with E-state index in [2.05, 4.69) is 31.9 Å². The van der Waals surface area contributed by atoms with Gasteiger partial charge in [-0.05, 0) is 60.7 Å². The van der Waals surface area contributed by atoms with E-state index in [0.29, 0.717) is 33.9 Å². The van der Waals surface area contributed by atoms with Crippen molar-refractivity contribution < 1.29 is 9.85 Å². The largest absolute Gasteiger partial charge is 0.269 e. The molecular weight excluding hydrogens is 592 g/mol. The van der Waals surface area contributed by atoms with E-state index in [1.54, 1.807) is 24.3 Å². The zero-order valence-corrected chi connectivity index (χ0v) is 21.4. The van der Waals surface area contributed by atoms with E-state index in [0.717, 1.165) is 20.1 Å². The van der Waals surface area contributed by atoms with Crippen LogP contribution in [-0.4, -0.2) is 21.3 Å². The molecule has 1 aliphatic rings. The van der Waals surface area contributed by atoms with Gasteiger partial charge >= 0.3 is 0 Å². The molecule has 0 aromatic heterocycles. The summed E-state index contributed by atoms with van der Waals surface area (Å²) < 4.78 is 1.64. The molecule has 176 valence electrons. The number of fused-ring (bicyclic) bond motifs is 2. The molecule has 10 heteroatoms. The minimum atomic E-state index is -0.443. The summed E-state index contributed by atoms with van der Waals surface area (Å²) in [5.74, 6) is 0. The maximum Gasteiger partial charge on any atom is 0.269 e. The van der Waals surface area contributed by atoms with Crippen LogP contribution in [0.3, 0.4) is 0 Å². The molecule has 36 heavy (non-hydrogen) atoms. The van der Waals surface area contributed by atoms with Crippen molar-refractivity contribution in [2.24, 2.45) is 9.98 Å². The molecule has 0 N–H and O–H groups in total. The number of benzene rings is 4. The first-order valence-corrected chi connectivity index (χ1v) is 12.2. The van der Waals surface area contributed by atoms with E-state index in [4.69, 9.17) is 9.98 Å². The van der Waals surface area contributed by atoms with Crippen molar-refractivity contribution in [3.05, 3.63) is 136 Å². The molecule has 0 spiro atoms. The minimum absolute atomic E-state index is 0.0116. The fraction of sp³-hybridized carbons (Fsp3) is 0. The van der Waals surface area contributed by atoms with Gasteiger partial charge in [0.1, 0.15) is 0 Å². The molecule has 0 saturated heterocycles. The zero-order chi connectivity index (χ0) is 25.4. The van der Waals surface area contributed by atoms with Crippen LogP contribution in [0, 0.1) is 20.2 Å². The van der Waals surface area contributed by atoms with E-state index >= 15 is 0 Å². The van der Waals surface area contributed by atoms with Gasteiger partial charge in [0.15, 0.2) is 0 Å². The number of nitro benzene ring substituents is 2. The Kier molecular flexibility index (Phi) is 6.29. The first-order chi connectivity index (χ1) is 17.3. The van der Waals surface area contributed by atoms with Gasteiger partial charge in [0.2, 0.25) is 0 Å². The topological polar surface area (TPSA) is 111 Å². The smallest absolute Gasteiger partial charge is 0.258 e. The molecule has 0 radical (unpaired) electrons. The monoisotopic (exact) mass is 604 g/mol. The van der Waals surface area contributed by atoms with Crippen LogP contribution in [0.5, 0.6) is 0 Å². The van der Waals surface area contributed by atoms with E-state index in [1.807, 2.05) is 36.4 Å². The van der Waals surface area contributed by atoms with Crippen molar-refractivity contribution in [1.29, 1.82) is 0 Å². The second kappa shape index (κ2) is 9.56. The van der Waals surface area contributed by atoms with Gasteiger partial charge in [0.25, 0.3) is 11.4 Å². The van der Waals surface area contributed by atoms with Crippen LogP contribution < -0.4 is 0 Å². The van der Waals surface area contributed by atoms with Crippen LogP contribution in [0.1, 0.15) is 22.3 Å². The van der Waals surface area contributed by atoms with E-state index < -0.39 is 9.85 Å². The molecule has 0 bridgehead atoms. The Bertz CT molecular complexity index is 1480. The summed E-state index contributed by atoms with van der Waals surface area (Å²) in [4.78, 5) is 31.5. The summed E-state index contributed by atoms with van der Waals surface area (Å²) in [5, 5.41) is 22.3. The van der Waals surface area contributed by atoms with E-state index in [9.17, 15) is 20.2 Å². The average Bonchev–Trinajstić information content (AvgIpc) is 2.86. The maximum absolute atomic E-state index is 11.2. The SMILES string of the molecule is O=[N+]([O-])c1ccc(C2=Nc3ccc(Br)cc3C(c3ccc([N+](=O)[O-])cc3)=Nc3ccc(Br)cc32)cc1. The summed E-state index contributed by atoms with van der Waals surface area (Å²) in [6.45, 7) is 0. The summed E-state index contributed by atoms with van der Waals surface area (Å²) >= 11 is 7.05. The molecule has 0 unspecified atom stereocenters. The Morgan fingerprint density at radius 1 is 0.556 bits per heavy atom. The quantitative estimate of drug-likeness (QED) is 0.154. The Morgan fingerprint density at radius 2 is 0.917 bits per heavy atom. The standard InChI is InChI=1S/C26H14Br2N4O4/c27-17-5-11-23-21(13-17)25(15-1-7-19(8-2-15)31(33)34)29-24-12-6-18(28)14-22(24)26(30-23)16-3-9-20(10-4-16)32(35)36/h1-14H. The lowest BCUT2D eigenvalue weighted by Crippen LogP contribution is -2.10. The number of hydrogen-bond donors (Lipinski definition) is 0. The van der Waals surface area contributed by atoms with Crippen LogP contribution in [0.15, 0.2) is 104 Å². The average molecular weight is 606 g/mol. The lowest BCUT2D eigenvalue weighted by Gasteiger charge is -2.18. The van der Waals surface area contributed by atoms with Gasteiger partial charge in [-0.15, -0.1) is 0 Å². The van der Waals surface area contributed by atoms with Gasteiger partial charge in [-0.25, -0.2) is 9.98 Å². The number of rotatable bonds is 4. The molecular formula is C26H14Br2N4O4. The number of halogens is 2. The number of non-ortho nitro benzene ring substituents is 2. The molecule has 1 aliphatic heterocycles. The van der Waals surface area contributed by atoms with Crippen LogP contribution in [-0.2, 0) is 0 Å². The zero-order valence-electron chi connectivity index (χ0n) is 18.3. The highest BCUT2D eigenvalue weighted by Crippen LogP contribution is 2.36. The first-order valence-electron chi connectivity index (χ1n) is 10.6. The van der Waals surface area contributed by atoms with Gasteiger partial charge in [-0.2, -0.15) is 0 Å². The van der Waals surface area contributed by atoms with Crippen LogP contribution in [0.2, 0.25) is 0 Å². The summed E-state index contributed by atoms with van der Waals surface area (Å²) in [5.41, 5.74) is 5.31. The van der Waals surface area contributed by atoms with Crippen molar-refractivity contribution in [3.63, 3.8) is 0 Å². The molecule has 0 fully saturated rings. The molecule has 0 saturated carbocycles. The predicted molar refractivity (Wildman–Crippen MR) is 145 cm³/mol. The Hall–Kier alpha value is -4.02. The third kappa shape index (κ3) is 4.60. The van der Waals surface area contributed by atoms with Crippen molar-refractivity contribution in [1.82, 2.24) is 0 Å². The predicted octanol–water partition coefficient (Wildman–Crippen LogP) is 7.68. The molecule has 8 nitrogen and oxygen atoms in total. The summed E-state index contributed by atoms with van der Waals surface area (Å²) in [7, 11) is 0. The van der Waals surface area contributed by atoms with Gasteiger partial charge in [0.05, 0.1) is 32.6 Å². The fourth-order valence-corrected chi connectivity index (χ4v) is 4.60. The lowest BCUT2D eigenvalue weighted by atomic mass is 9.96. The second-order valence-electron chi connectivity index (χ2n) is 7.85. The highest BCUT2D eigenvalue weighted by molar-refractivity contribution is 9.10. The fourth-order valence-electron chi connectivity index (χ4n) is 3.87. The molecule has 0 amide bonds. The van der Waals surface area contributed by atoms with E-state index in [-0.39, 0.29) is 11.4 Å². The second-order valence-corrected chi connectivity index (χ2v) is 9.68. The van der Waals surface area contributed by atoms with Gasteiger partial charge in [0, 0.05) is 55.5 Å². The Morgan fingerprint density at radius 3 is 1.25 bits per heavy atom. The maximum atomic E-state index is 11.2. The van der Waals surface area contributed by atoms with Crippen molar-refractivity contribution in [3.8, 4) is 0 Å². The van der Waals surface area contributed by atoms with Crippen molar-refractivity contribution in [2.75, 3.05) is 0 Å². The highest BCUT2D eigenvalue weighted by Gasteiger charge is 2.22. The lowest BCUT2D eigenvalue weighted by molar-refractivity contribution is -0.385.